The summed E-state index contributed by atoms with van der Waals surface area (Å²) in [6.07, 6.45) is 4.30. The van der Waals surface area contributed by atoms with Crippen LogP contribution in [0.4, 0.5) is 4.79 Å². The van der Waals surface area contributed by atoms with E-state index in [1.165, 1.54) is 19.3 Å². The van der Waals surface area contributed by atoms with E-state index in [2.05, 4.69) is 0 Å². The topological polar surface area (TPSA) is 113 Å². The molecule has 1 saturated heterocycles. The number of nitrogens with two attached hydrogens (primary N) is 1. The summed E-state index contributed by atoms with van der Waals surface area (Å²) in [4.78, 5) is 23.0. The quantitative estimate of drug-likeness (QED) is 0.623. The zero-order valence-electron chi connectivity index (χ0n) is 13.8. The maximum atomic E-state index is 12.1. The number of likely N-dealkylation sites (N-methyl/N-ethyl adjacent to an activating group) is 1. The Morgan fingerprint density at radius 3 is 2.65 bits per heavy atom. The first-order valence-corrected chi connectivity index (χ1v) is 8.58. The number of hydrogen-bond donors (Lipinski definition) is 2. The smallest absolute Gasteiger partial charge is 0.517 e. The summed E-state index contributed by atoms with van der Waals surface area (Å²) in [7, 11) is 0. The number of nitrogens with zero attached hydrogens (tertiary/aromatic N) is 1. The van der Waals surface area contributed by atoms with Gasteiger partial charge in [0.1, 0.15) is 19.2 Å². The lowest BCUT2D eigenvalue weighted by atomic mass is 9.83. The molecule has 0 aromatic carbocycles. The van der Waals surface area contributed by atoms with Crippen LogP contribution in [0.2, 0.25) is 0 Å². The van der Waals surface area contributed by atoms with Crippen molar-refractivity contribution in [3.63, 3.8) is 0 Å². The molecule has 7 heteroatoms. The van der Waals surface area contributed by atoms with Gasteiger partial charge in [0.2, 0.25) is 0 Å². The first-order valence-electron chi connectivity index (χ1n) is 8.58. The Morgan fingerprint density at radius 1 is 1.43 bits per heavy atom. The van der Waals surface area contributed by atoms with Crippen LogP contribution in [0.25, 0.3) is 0 Å². The molecule has 1 heterocycles. The second kappa shape index (κ2) is 7.59. The van der Waals surface area contributed by atoms with Crippen LogP contribution in [0.1, 0.15) is 45.4 Å². The van der Waals surface area contributed by atoms with Crippen molar-refractivity contribution in [1.82, 2.24) is 0 Å². The molecule has 1 aliphatic heterocycles. The summed E-state index contributed by atoms with van der Waals surface area (Å²) in [6.45, 7) is 1.70. The molecule has 132 valence electrons. The van der Waals surface area contributed by atoms with Crippen LogP contribution in [-0.2, 0) is 9.53 Å². The van der Waals surface area contributed by atoms with Gasteiger partial charge in [0, 0.05) is 6.04 Å². The number of aliphatic hydroxyl groups excluding tert-OH is 1. The highest BCUT2D eigenvalue weighted by Crippen LogP contribution is 2.30. The Kier molecular flexibility index (Phi) is 6.00. The lowest BCUT2D eigenvalue weighted by Crippen LogP contribution is -2.56. The molecule has 2 aliphatic rings. The van der Waals surface area contributed by atoms with E-state index in [0.717, 1.165) is 12.8 Å². The molecule has 0 bridgehead atoms. The molecule has 1 amide bonds. The second-order valence-electron chi connectivity index (χ2n) is 6.99. The minimum Gasteiger partial charge on any atom is -0.544 e. The summed E-state index contributed by atoms with van der Waals surface area (Å²) >= 11 is 0. The largest absolute Gasteiger partial charge is 0.544 e. The van der Waals surface area contributed by atoms with Crippen LogP contribution in [0.3, 0.4) is 0 Å². The van der Waals surface area contributed by atoms with E-state index in [0.29, 0.717) is 12.3 Å². The Hall–Kier alpha value is -1.18. The normalized spacial score (nSPS) is 31.6. The van der Waals surface area contributed by atoms with Crippen molar-refractivity contribution in [1.29, 1.82) is 0 Å². The van der Waals surface area contributed by atoms with Gasteiger partial charge >= 0.3 is 6.09 Å². The zero-order chi connectivity index (χ0) is 17.0. The molecular weight excluding hydrogens is 300 g/mol. The maximum absolute atomic E-state index is 12.1. The van der Waals surface area contributed by atoms with Gasteiger partial charge in [-0.15, -0.1) is 0 Å². The Bertz CT molecular complexity index is 438. The molecule has 3 N–H and O–H groups in total. The Morgan fingerprint density at radius 2 is 2.09 bits per heavy atom. The predicted octanol–water partition coefficient (Wildman–Crippen LogP) is -0.250. The van der Waals surface area contributed by atoms with E-state index in [4.69, 9.17) is 10.5 Å². The standard InChI is InChI=1S/C16H28N2O5/c1-2-18(10-14(19)20)9-13(23-16(18)22)15(21)12(17)8-11-6-4-3-5-7-11/h11-13,15,21H,2-10,17H2,1H3/t12-,13-,15+,18?/m0/s1. The third-order valence-electron chi connectivity index (χ3n) is 5.36. The number of carboxylic acids is 1. The lowest BCUT2D eigenvalue weighted by Gasteiger charge is -2.29. The van der Waals surface area contributed by atoms with E-state index in [-0.39, 0.29) is 17.6 Å². The molecule has 1 unspecified atom stereocenters. The fourth-order valence-corrected chi connectivity index (χ4v) is 3.84. The van der Waals surface area contributed by atoms with Crippen molar-refractivity contribution in [3.05, 3.63) is 0 Å². The highest BCUT2D eigenvalue weighted by atomic mass is 16.6. The number of aliphatic hydroxyl groups is 1. The molecule has 1 aliphatic carbocycles. The molecule has 0 radical (unpaired) electrons. The lowest BCUT2D eigenvalue weighted by molar-refractivity contribution is -0.836. The van der Waals surface area contributed by atoms with Gasteiger partial charge in [-0.3, -0.25) is 0 Å². The van der Waals surface area contributed by atoms with E-state index in [1.807, 2.05) is 0 Å². The Balaban J connectivity index is 1.95. The van der Waals surface area contributed by atoms with E-state index >= 15 is 0 Å². The molecule has 0 spiro atoms. The van der Waals surface area contributed by atoms with E-state index in [1.54, 1.807) is 6.92 Å². The molecule has 0 aromatic heterocycles. The average Bonchev–Trinajstić information content (AvgIpc) is 2.84. The van der Waals surface area contributed by atoms with Crippen LogP contribution in [0.15, 0.2) is 0 Å². The highest BCUT2D eigenvalue weighted by molar-refractivity contribution is 5.70. The number of hydrogen-bond acceptors (Lipinski definition) is 6. The van der Waals surface area contributed by atoms with Gasteiger partial charge in [-0.1, -0.05) is 32.1 Å². The number of amides is 1. The van der Waals surface area contributed by atoms with Crippen molar-refractivity contribution >= 4 is 12.1 Å². The third-order valence-corrected chi connectivity index (χ3v) is 5.36. The maximum Gasteiger partial charge on any atom is 0.517 e. The average molecular weight is 328 g/mol. The number of ether oxygens (including phenoxy) is 1. The fourth-order valence-electron chi connectivity index (χ4n) is 3.84. The van der Waals surface area contributed by atoms with Gasteiger partial charge in [0.05, 0.1) is 12.5 Å². The first-order chi connectivity index (χ1) is 10.9. The molecule has 4 atom stereocenters. The summed E-state index contributed by atoms with van der Waals surface area (Å²) in [5.74, 6) is -0.787. The van der Waals surface area contributed by atoms with Crippen LogP contribution in [0.5, 0.6) is 0 Å². The highest BCUT2D eigenvalue weighted by Gasteiger charge is 2.51. The number of quaternary nitrogens is 1. The van der Waals surface area contributed by atoms with E-state index < -0.39 is 36.9 Å². The van der Waals surface area contributed by atoms with E-state index in [9.17, 15) is 19.8 Å². The molecule has 2 rings (SSSR count). The molecule has 1 saturated carbocycles. The van der Waals surface area contributed by atoms with Gasteiger partial charge in [-0.25, -0.2) is 4.48 Å². The van der Waals surface area contributed by atoms with Crippen molar-refractivity contribution in [2.24, 2.45) is 11.7 Å². The SMILES string of the molecule is CC[N+]1(CC(=O)[O-])C[C@@H]([C@H](O)[C@@H](N)CC2CCCCC2)OC1=O. The van der Waals surface area contributed by atoms with Crippen molar-refractivity contribution in [3.8, 4) is 0 Å². The van der Waals surface area contributed by atoms with Gasteiger partial charge in [0.25, 0.3) is 0 Å². The van der Waals surface area contributed by atoms with Gasteiger partial charge in [0.15, 0.2) is 6.10 Å². The number of carbonyl (C=O) groups excluding carboxylic acids is 2. The summed E-state index contributed by atoms with van der Waals surface area (Å²) in [5, 5.41) is 21.4. The second-order valence-corrected chi connectivity index (χ2v) is 6.99. The predicted molar refractivity (Wildman–Crippen MR) is 81.0 cm³/mol. The fraction of sp³-hybridized carbons (Fsp3) is 0.875. The molecule has 23 heavy (non-hydrogen) atoms. The van der Waals surface area contributed by atoms with Crippen LogP contribution >= 0.6 is 0 Å². The van der Waals surface area contributed by atoms with Crippen LogP contribution in [0, 0.1) is 5.92 Å². The number of cyclic esters (lactones) is 1. The van der Waals surface area contributed by atoms with Gasteiger partial charge < -0.3 is 25.5 Å². The summed E-state index contributed by atoms with van der Waals surface area (Å²) in [6, 6.07) is -0.462. The van der Waals surface area contributed by atoms with Crippen molar-refractivity contribution < 1.29 is 29.0 Å². The number of aliphatic carboxylic acids is 1. The van der Waals surface area contributed by atoms with Crippen molar-refractivity contribution in [2.75, 3.05) is 19.6 Å². The number of rotatable bonds is 7. The minimum atomic E-state index is -1.30. The monoisotopic (exact) mass is 328 g/mol. The van der Waals surface area contributed by atoms with Crippen molar-refractivity contribution in [2.45, 2.75) is 63.7 Å². The van der Waals surface area contributed by atoms with Crippen LogP contribution in [-0.4, -0.2) is 59.5 Å². The number of carboxylic acid groups (broad SMARTS) is 1. The molecule has 7 nitrogen and oxygen atoms in total. The molecule has 2 fully saturated rings. The van der Waals surface area contributed by atoms with Crippen LogP contribution < -0.4 is 10.8 Å². The summed E-state index contributed by atoms with van der Waals surface area (Å²) in [5.41, 5.74) is 6.13. The molecular formula is C16H28N2O5. The zero-order valence-corrected chi connectivity index (χ0v) is 13.8. The summed E-state index contributed by atoms with van der Waals surface area (Å²) < 4.78 is 4.91. The van der Waals surface area contributed by atoms with Gasteiger partial charge in [-0.05, 0) is 19.3 Å². The van der Waals surface area contributed by atoms with Gasteiger partial charge in [-0.2, -0.15) is 4.79 Å². The molecule has 0 aromatic rings. The number of carbonyl (C=O) groups is 2. The first kappa shape index (κ1) is 18.2. The third kappa shape index (κ3) is 4.22. The Labute approximate surface area is 137 Å². The minimum absolute atomic E-state index is 0.128.